The van der Waals surface area contributed by atoms with Crippen LogP contribution in [0.5, 0.6) is 5.75 Å². The molecule has 1 aromatic heterocycles. The zero-order valence-corrected chi connectivity index (χ0v) is 17.0. The third kappa shape index (κ3) is 4.66. The van der Waals surface area contributed by atoms with Gasteiger partial charge in [0.25, 0.3) is 11.5 Å². The van der Waals surface area contributed by atoms with Crippen LogP contribution in [0.15, 0.2) is 65.5 Å². The third-order valence-corrected chi connectivity index (χ3v) is 5.17. The average molecular weight is 443 g/mol. The van der Waals surface area contributed by atoms with Crippen molar-refractivity contribution in [1.82, 2.24) is 9.78 Å². The Morgan fingerprint density at radius 3 is 2.59 bits per heavy atom. The number of rotatable bonds is 5. The minimum atomic E-state index is -4.44. The fraction of sp³-hybridized carbons (Fsp3) is 0.261. The quantitative estimate of drug-likeness (QED) is 0.600. The fourth-order valence-corrected chi connectivity index (χ4v) is 3.61. The van der Waals surface area contributed by atoms with E-state index in [2.05, 4.69) is 5.10 Å². The molecular weight excluding hydrogens is 423 g/mol. The maximum absolute atomic E-state index is 13.1. The molecule has 166 valence electrons. The van der Waals surface area contributed by atoms with Crippen LogP contribution >= 0.6 is 0 Å². The smallest absolute Gasteiger partial charge is 0.416 e. The van der Waals surface area contributed by atoms with Crippen molar-refractivity contribution < 1.29 is 22.7 Å². The number of anilines is 1. The van der Waals surface area contributed by atoms with Crippen LogP contribution in [-0.2, 0) is 19.1 Å². The summed E-state index contributed by atoms with van der Waals surface area (Å²) in [4.78, 5) is 26.7. The van der Waals surface area contributed by atoms with Crippen LogP contribution in [0.3, 0.4) is 0 Å². The second-order valence-electron chi connectivity index (χ2n) is 7.34. The molecule has 32 heavy (non-hydrogen) atoms. The molecule has 0 aliphatic carbocycles. The molecule has 2 heterocycles. The highest BCUT2D eigenvalue weighted by Crippen LogP contribution is 2.35. The van der Waals surface area contributed by atoms with Crippen LogP contribution in [0.2, 0.25) is 0 Å². The molecule has 9 heteroatoms. The zero-order chi connectivity index (χ0) is 22.7. The van der Waals surface area contributed by atoms with Crippen LogP contribution < -0.4 is 15.2 Å². The molecule has 0 saturated heterocycles. The topological polar surface area (TPSA) is 64.4 Å². The SMILES string of the molecule is O=C(c1ccc(=O)n(CCOc2ccccc2)n1)N1CCCc2cc(C(F)(F)F)ccc21. The number of fused-ring (bicyclic) bond motifs is 1. The van der Waals surface area contributed by atoms with E-state index in [-0.39, 0.29) is 24.4 Å². The predicted octanol–water partition coefficient (Wildman–Crippen LogP) is 3.93. The maximum Gasteiger partial charge on any atom is 0.416 e. The Bertz CT molecular complexity index is 1180. The lowest BCUT2D eigenvalue weighted by Gasteiger charge is -2.30. The number of amides is 1. The standard InChI is InChI=1S/C23H20F3N3O3/c24-23(25,26)17-8-10-20-16(15-17)5-4-12-28(20)22(31)19-9-11-21(30)29(27-19)13-14-32-18-6-2-1-3-7-18/h1-3,6-11,15H,4-5,12-14H2. The fourth-order valence-electron chi connectivity index (χ4n) is 3.61. The van der Waals surface area contributed by atoms with Gasteiger partial charge >= 0.3 is 6.18 Å². The summed E-state index contributed by atoms with van der Waals surface area (Å²) in [6, 6.07) is 15.0. The molecule has 1 aliphatic heterocycles. The second kappa shape index (κ2) is 8.86. The van der Waals surface area contributed by atoms with Crippen molar-refractivity contribution in [2.45, 2.75) is 25.6 Å². The summed E-state index contributed by atoms with van der Waals surface area (Å²) < 4.78 is 45.8. The van der Waals surface area contributed by atoms with Crippen molar-refractivity contribution in [3.8, 4) is 5.75 Å². The number of nitrogens with zero attached hydrogens (tertiary/aromatic N) is 3. The molecule has 1 amide bonds. The van der Waals surface area contributed by atoms with Crippen LogP contribution in [0.1, 0.15) is 28.0 Å². The first-order chi connectivity index (χ1) is 15.3. The lowest BCUT2D eigenvalue weighted by Crippen LogP contribution is -2.37. The van der Waals surface area contributed by atoms with Crippen molar-refractivity contribution in [3.05, 3.63) is 87.8 Å². The molecule has 3 aromatic rings. The predicted molar refractivity (Wildman–Crippen MR) is 112 cm³/mol. The highest BCUT2D eigenvalue weighted by atomic mass is 19.4. The van der Waals surface area contributed by atoms with Crippen molar-refractivity contribution in [3.63, 3.8) is 0 Å². The first-order valence-electron chi connectivity index (χ1n) is 10.1. The Morgan fingerprint density at radius 2 is 1.84 bits per heavy atom. The number of para-hydroxylation sites is 1. The van der Waals surface area contributed by atoms with Gasteiger partial charge in [-0.2, -0.15) is 18.3 Å². The summed E-state index contributed by atoms with van der Waals surface area (Å²) in [5.74, 6) is 0.180. The van der Waals surface area contributed by atoms with Crippen molar-refractivity contribution in [2.24, 2.45) is 0 Å². The molecule has 2 aromatic carbocycles. The number of ether oxygens (including phenoxy) is 1. The van der Waals surface area contributed by atoms with Gasteiger partial charge in [0.2, 0.25) is 0 Å². The summed E-state index contributed by atoms with van der Waals surface area (Å²) in [6.45, 7) is 0.677. The molecule has 0 radical (unpaired) electrons. The molecule has 4 rings (SSSR count). The van der Waals surface area contributed by atoms with Gasteiger partial charge in [0.05, 0.1) is 12.1 Å². The van der Waals surface area contributed by atoms with Crippen LogP contribution in [0, 0.1) is 0 Å². The molecular formula is C23H20F3N3O3. The molecule has 0 atom stereocenters. The molecule has 0 saturated carbocycles. The summed E-state index contributed by atoms with van der Waals surface area (Å²) in [7, 11) is 0. The number of carbonyl (C=O) groups excluding carboxylic acids is 1. The molecule has 0 N–H and O–H groups in total. The lowest BCUT2D eigenvalue weighted by atomic mass is 9.98. The van der Waals surface area contributed by atoms with Crippen LogP contribution in [-0.4, -0.2) is 28.8 Å². The molecule has 6 nitrogen and oxygen atoms in total. The summed E-state index contributed by atoms with van der Waals surface area (Å²) in [5, 5.41) is 4.16. The van der Waals surface area contributed by atoms with E-state index < -0.39 is 17.6 Å². The summed E-state index contributed by atoms with van der Waals surface area (Å²) >= 11 is 0. The first-order valence-corrected chi connectivity index (χ1v) is 10.1. The third-order valence-electron chi connectivity index (χ3n) is 5.17. The Hall–Kier alpha value is -3.62. The van der Waals surface area contributed by atoms with E-state index in [4.69, 9.17) is 4.74 Å². The van der Waals surface area contributed by atoms with Gasteiger partial charge in [0.15, 0.2) is 0 Å². The van der Waals surface area contributed by atoms with E-state index >= 15 is 0 Å². The van der Waals surface area contributed by atoms with Gasteiger partial charge in [-0.3, -0.25) is 9.59 Å². The number of halogens is 3. The lowest BCUT2D eigenvalue weighted by molar-refractivity contribution is -0.137. The van der Waals surface area contributed by atoms with Crippen LogP contribution in [0.4, 0.5) is 18.9 Å². The van der Waals surface area contributed by atoms with Gasteiger partial charge in [-0.15, -0.1) is 0 Å². The maximum atomic E-state index is 13.1. The van der Waals surface area contributed by atoms with Gasteiger partial charge in [-0.1, -0.05) is 18.2 Å². The number of aromatic nitrogens is 2. The van der Waals surface area contributed by atoms with Gasteiger partial charge in [-0.05, 0) is 54.8 Å². The zero-order valence-electron chi connectivity index (χ0n) is 17.0. The van der Waals surface area contributed by atoms with E-state index in [9.17, 15) is 22.8 Å². The molecule has 1 aliphatic rings. The Morgan fingerprint density at radius 1 is 1.06 bits per heavy atom. The summed E-state index contributed by atoms with van der Waals surface area (Å²) in [5.41, 5.74) is -0.190. The van der Waals surface area contributed by atoms with E-state index in [1.54, 1.807) is 12.1 Å². The number of carbonyl (C=O) groups is 1. The number of hydrogen-bond acceptors (Lipinski definition) is 4. The Kier molecular flexibility index (Phi) is 5.98. The monoisotopic (exact) mass is 443 g/mol. The van der Waals surface area contributed by atoms with Gasteiger partial charge in [0.1, 0.15) is 18.1 Å². The van der Waals surface area contributed by atoms with Gasteiger partial charge in [-0.25, -0.2) is 4.68 Å². The number of aryl methyl sites for hydroxylation is 1. The molecule has 0 unspecified atom stereocenters. The largest absolute Gasteiger partial charge is 0.492 e. The first kappa shape index (κ1) is 21.6. The number of alkyl halides is 3. The Balaban J connectivity index is 1.53. The van der Waals surface area contributed by atoms with E-state index in [1.807, 2.05) is 18.2 Å². The minimum absolute atomic E-state index is 0.0389. The van der Waals surface area contributed by atoms with Gasteiger partial charge in [0, 0.05) is 18.3 Å². The number of benzene rings is 2. The highest BCUT2D eigenvalue weighted by Gasteiger charge is 2.33. The van der Waals surface area contributed by atoms with E-state index in [0.717, 1.165) is 16.8 Å². The summed E-state index contributed by atoms with van der Waals surface area (Å²) in [6.07, 6.45) is -3.46. The number of hydrogen-bond donors (Lipinski definition) is 0. The molecule has 0 bridgehead atoms. The highest BCUT2D eigenvalue weighted by molar-refractivity contribution is 6.05. The van der Waals surface area contributed by atoms with Crippen molar-refractivity contribution in [2.75, 3.05) is 18.1 Å². The Labute approximate surface area is 181 Å². The second-order valence-corrected chi connectivity index (χ2v) is 7.34. The van der Waals surface area contributed by atoms with E-state index in [1.165, 1.54) is 23.1 Å². The minimum Gasteiger partial charge on any atom is -0.492 e. The van der Waals surface area contributed by atoms with Crippen molar-refractivity contribution >= 4 is 11.6 Å². The van der Waals surface area contributed by atoms with E-state index in [0.29, 0.717) is 36.4 Å². The normalized spacial score (nSPS) is 13.5. The molecule has 0 spiro atoms. The van der Waals surface area contributed by atoms with Crippen LogP contribution in [0.25, 0.3) is 0 Å². The van der Waals surface area contributed by atoms with Gasteiger partial charge < -0.3 is 9.64 Å². The molecule has 0 fully saturated rings. The van der Waals surface area contributed by atoms with Crippen molar-refractivity contribution in [1.29, 1.82) is 0 Å². The average Bonchev–Trinajstić information content (AvgIpc) is 2.79.